The minimum Gasteiger partial charge on any atom is -0.545 e. The van der Waals surface area contributed by atoms with Crippen molar-refractivity contribution in [1.29, 1.82) is 0 Å². The molecule has 0 aliphatic heterocycles. The number of carbonyl (C=O) groups excluding carboxylic acids is 3. The van der Waals surface area contributed by atoms with E-state index >= 15 is 0 Å². The zero-order valence-corrected chi connectivity index (χ0v) is 52.2. The Morgan fingerprint density at radius 3 is 1.08 bits per heavy atom. The van der Waals surface area contributed by atoms with Gasteiger partial charge in [-0.3, -0.25) is 9.59 Å². The molecule has 79 heavy (non-hydrogen) atoms. The SMILES string of the molecule is CC/C=C\C/C=C\C/C=C\C/C=C\CCCCCCC(=O)OC(COC(=O)CCCCCCCCCCCCCCCCCCCCCCCCCCC/C=C\C/C=C\CCCCCCC)COC(OCC[N+](C)(C)C)C(=O)[O-]. The van der Waals surface area contributed by atoms with Gasteiger partial charge in [-0.25, -0.2) is 0 Å². The van der Waals surface area contributed by atoms with Gasteiger partial charge in [-0.15, -0.1) is 0 Å². The number of unbranched alkanes of at least 4 members (excludes halogenated alkanes) is 34. The van der Waals surface area contributed by atoms with Crippen LogP contribution in [0.1, 0.15) is 296 Å². The molecule has 0 N–H and O–H groups in total. The molecular formula is C70H125NO8. The fraction of sp³-hybridized carbons (Fsp3) is 0.786. The Morgan fingerprint density at radius 1 is 0.392 bits per heavy atom. The first-order valence-electron chi connectivity index (χ1n) is 33.1. The average molecular weight is 1110 g/mol. The van der Waals surface area contributed by atoms with Gasteiger partial charge in [0.1, 0.15) is 13.2 Å². The highest BCUT2D eigenvalue weighted by Crippen LogP contribution is 2.17. The molecule has 0 rings (SSSR count). The monoisotopic (exact) mass is 1110 g/mol. The number of nitrogens with zero attached hydrogens (tertiary/aromatic N) is 1. The molecule has 0 fully saturated rings. The zero-order valence-electron chi connectivity index (χ0n) is 52.2. The van der Waals surface area contributed by atoms with E-state index in [-0.39, 0.29) is 38.6 Å². The summed E-state index contributed by atoms with van der Waals surface area (Å²) in [6.45, 7) is 4.62. The number of likely N-dealkylation sites (N-methyl/N-ethyl adjacent to an activating group) is 1. The summed E-state index contributed by atoms with van der Waals surface area (Å²) in [5.41, 5.74) is 0. The van der Waals surface area contributed by atoms with E-state index in [0.29, 0.717) is 17.4 Å². The standard InChI is InChI=1S/C70H125NO8/c1-6-8-10-12-14-16-18-20-22-24-25-26-27-28-29-30-31-32-33-34-35-36-37-38-39-40-41-42-43-45-46-48-50-52-54-56-58-60-67(72)77-64-66(65-78-70(69(74)75)76-63-62-71(3,4)5)79-68(73)61-59-57-55-53-51-49-47-44-23-21-19-17-15-13-11-9-7-2/h9,11,15,17-18,20-21,23-25,47,49,66,70H,6-8,10,12-14,16,19,22,26-46,48,50-65H2,1-5H3/b11-9-,17-15-,20-18-,23-21-,25-24-,49-47-. The fourth-order valence-corrected chi connectivity index (χ4v) is 9.38. The second kappa shape index (κ2) is 60.8. The quantitative estimate of drug-likeness (QED) is 0.0195. The Bertz CT molecular complexity index is 1520. The van der Waals surface area contributed by atoms with Gasteiger partial charge in [0.2, 0.25) is 0 Å². The van der Waals surface area contributed by atoms with Gasteiger partial charge in [-0.05, 0) is 83.5 Å². The Hall–Kier alpha value is -3.27. The molecule has 458 valence electrons. The van der Waals surface area contributed by atoms with Gasteiger partial charge in [0.15, 0.2) is 12.4 Å². The van der Waals surface area contributed by atoms with E-state index in [2.05, 4.69) is 86.8 Å². The normalized spacial score (nSPS) is 13.2. The van der Waals surface area contributed by atoms with Crippen LogP contribution in [-0.2, 0) is 33.3 Å². The van der Waals surface area contributed by atoms with Crippen LogP contribution in [-0.4, -0.2) is 82.3 Å². The summed E-state index contributed by atoms with van der Waals surface area (Å²) in [7, 11) is 5.92. The highest BCUT2D eigenvalue weighted by Gasteiger charge is 2.22. The predicted octanol–water partition coefficient (Wildman–Crippen LogP) is 18.8. The van der Waals surface area contributed by atoms with Crippen LogP contribution in [0.15, 0.2) is 72.9 Å². The number of carbonyl (C=O) groups is 3. The number of carboxylic acid groups (broad SMARTS) is 1. The van der Waals surface area contributed by atoms with Gasteiger partial charge in [-0.2, -0.15) is 0 Å². The highest BCUT2D eigenvalue weighted by atomic mass is 16.7. The van der Waals surface area contributed by atoms with Gasteiger partial charge in [0.25, 0.3) is 0 Å². The number of allylic oxidation sites excluding steroid dienone is 12. The minimum atomic E-state index is -1.63. The first kappa shape index (κ1) is 75.7. The molecule has 0 aromatic heterocycles. The number of esters is 2. The molecule has 0 aliphatic carbocycles. The molecular weight excluding hydrogens is 983 g/mol. The second-order valence-corrected chi connectivity index (χ2v) is 23.4. The second-order valence-electron chi connectivity index (χ2n) is 23.4. The smallest absolute Gasteiger partial charge is 0.306 e. The van der Waals surface area contributed by atoms with Gasteiger partial charge in [0, 0.05) is 12.8 Å². The summed E-state index contributed by atoms with van der Waals surface area (Å²) in [5, 5.41) is 11.8. The third-order valence-corrected chi connectivity index (χ3v) is 14.4. The molecule has 0 spiro atoms. The number of hydrogen-bond acceptors (Lipinski definition) is 8. The molecule has 0 heterocycles. The third kappa shape index (κ3) is 62.2. The van der Waals surface area contributed by atoms with E-state index in [1.807, 2.05) is 21.1 Å². The number of quaternary nitrogens is 1. The lowest BCUT2D eigenvalue weighted by molar-refractivity contribution is -0.870. The molecule has 0 aliphatic rings. The molecule has 0 aromatic rings. The average Bonchev–Trinajstić information content (AvgIpc) is 3.42. The topological polar surface area (TPSA) is 111 Å². The van der Waals surface area contributed by atoms with Crippen LogP contribution in [0.5, 0.6) is 0 Å². The van der Waals surface area contributed by atoms with Crippen LogP contribution in [0.3, 0.4) is 0 Å². The number of rotatable bonds is 61. The fourth-order valence-electron chi connectivity index (χ4n) is 9.38. The third-order valence-electron chi connectivity index (χ3n) is 14.4. The Kier molecular flexibility index (Phi) is 58.3. The lowest BCUT2D eigenvalue weighted by Crippen LogP contribution is -2.44. The van der Waals surface area contributed by atoms with Crippen molar-refractivity contribution in [3.63, 3.8) is 0 Å². The van der Waals surface area contributed by atoms with Crippen molar-refractivity contribution in [1.82, 2.24) is 0 Å². The Labute approximate surface area is 487 Å². The first-order chi connectivity index (χ1) is 38.6. The highest BCUT2D eigenvalue weighted by molar-refractivity contribution is 5.70. The molecule has 0 radical (unpaired) electrons. The summed E-state index contributed by atoms with van der Waals surface area (Å²) >= 11 is 0. The van der Waals surface area contributed by atoms with Crippen molar-refractivity contribution in [3.8, 4) is 0 Å². The number of carboxylic acids is 1. The lowest BCUT2D eigenvalue weighted by Gasteiger charge is -2.26. The Balaban J connectivity index is 4.00. The molecule has 9 nitrogen and oxygen atoms in total. The van der Waals surface area contributed by atoms with Crippen molar-refractivity contribution in [3.05, 3.63) is 72.9 Å². The maximum atomic E-state index is 12.8. The molecule has 0 saturated heterocycles. The lowest BCUT2D eigenvalue weighted by atomic mass is 10.0. The van der Waals surface area contributed by atoms with Crippen LogP contribution in [0.2, 0.25) is 0 Å². The van der Waals surface area contributed by atoms with E-state index < -0.39 is 24.3 Å². The van der Waals surface area contributed by atoms with Crippen LogP contribution >= 0.6 is 0 Å². The van der Waals surface area contributed by atoms with Crippen molar-refractivity contribution in [2.45, 2.75) is 309 Å². The molecule has 2 atom stereocenters. The summed E-state index contributed by atoms with van der Waals surface area (Å²) in [6, 6.07) is 0. The molecule has 0 saturated carbocycles. The number of hydrogen-bond donors (Lipinski definition) is 0. The summed E-state index contributed by atoms with van der Waals surface area (Å²) in [4.78, 5) is 37.3. The van der Waals surface area contributed by atoms with E-state index in [0.717, 1.165) is 77.0 Å². The van der Waals surface area contributed by atoms with E-state index in [9.17, 15) is 19.5 Å². The summed E-state index contributed by atoms with van der Waals surface area (Å²) in [5.74, 6) is -2.31. The number of ether oxygens (including phenoxy) is 4. The van der Waals surface area contributed by atoms with Gasteiger partial charge in [0.05, 0.1) is 40.3 Å². The van der Waals surface area contributed by atoms with Gasteiger partial charge < -0.3 is 33.3 Å². The summed E-state index contributed by atoms with van der Waals surface area (Å²) in [6.07, 6.45) is 77.1. The van der Waals surface area contributed by atoms with E-state index in [1.54, 1.807) is 0 Å². The largest absolute Gasteiger partial charge is 0.545 e. The maximum Gasteiger partial charge on any atom is 0.306 e. The van der Waals surface area contributed by atoms with Gasteiger partial charge in [-0.1, -0.05) is 273 Å². The number of aliphatic carboxylic acids is 1. The summed E-state index contributed by atoms with van der Waals surface area (Å²) < 4.78 is 22.7. The molecule has 0 amide bonds. The predicted molar refractivity (Wildman–Crippen MR) is 334 cm³/mol. The van der Waals surface area contributed by atoms with E-state index in [4.69, 9.17) is 18.9 Å². The molecule has 0 aromatic carbocycles. The van der Waals surface area contributed by atoms with E-state index in [1.165, 1.54) is 186 Å². The molecule has 2 unspecified atom stereocenters. The van der Waals surface area contributed by atoms with Crippen molar-refractivity contribution < 1.29 is 42.9 Å². The first-order valence-corrected chi connectivity index (χ1v) is 33.1. The van der Waals surface area contributed by atoms with Crippen LogP contribution < -0.4 is 5.11 Å². The van der Waals surface area contributed by atoms with Crippen LogP contribution in [0.4, 0.5) is 0 Å². The molecule has 0 bridgehead atoms. The zero-order chi connectivity index (χ0) is 57.6. The Morgan fingerprint density at radius 2 is 0.722 bits per heavy atom. The van der Waals surface area contributed by atoms with Crippen molar-refractivity contribution >= 4 is 17.9 Å². The van der Waals surface area contributed by atoms with Crippen molar-refractivity contribution in [2.24, 2.45) is 0 Å². The molecule has 9 heteroatoms. The van der Waals surface area contributed by atoms with Gasteiger partial charge >= 0.3 is 11.9 Å². The van der Waals surface area contributed by atoms with Crippen LogP contribution in [0, 0.1) is 0 Å². The van der Waals surface area contributed by atoms with Crippen molar-refractivity contribution in [2.75, 3.05) is 47.5 Å². The maximum absolute atomic E-state index is 12.8. The minimum absolute atomic E-state index is 0.141. The van der Waals surface area contributed by atoms with Crippen LogP contribution in [0.25, 0.3) is 0 Å².